The first kappa shape index (κ1) is 14.7. The first-order chi connectivity index (χ1) is 10.5. The van der Waals surface area contributed by atoms with Crippen LogP contribution in [0, 0.1) is 0 Å². The minimum atomic E-state index is -0.339. The van der Waals surface area contributed by atoms with E-state index in [1.807, 2.05) is 13.8 Å². The van der Waals surface area contributed by atoms with Crippen LogP contribution in [0.3, 0.4) is 0 Å². The minimum Gasteiger partial charge on any atom is -0.372 e. The van der Waals surface area contributed by atoms with E-state index in [0.29, 0.717) is 25.1 Å². The molecule has 2 aromatic heterocycles. The standard InChI is InChI=1S/C16H19N3O3/c1-16(2)11-19(7-8-22-16)14(20)10-18-6-4-12-9-17-5-3-13(12)15(18)21/h3-6,9H,7-8,10-11H2,1-2H3. The normalized spacial score (nSPS) is 17.6. The highest BCUT2D eigenvalue weighted by atomic mass is 16.5. The lowest BCUT2D eigenvalue weighted by molar-refractivity contribution is -0.146. The maximum atomic E-state index is 12.4. The molecule has 1 saturated heterocycles. The average molecular weight is 301 g/mol. The van der Waals surface area contributed by atoms with E-state index in [4.69, 9.17) is 4.74 Å². The summed E-state index contributed by atoms with van der Waals surface area (Å²) in [6, 6.07) is 3.48. The molecule has 1 aliphatic rings. The van der Waals surface area contributed by atoms with Gasteiger partial charge < -0.3 is 14.2 Å². The van der Waals surface area contributed by atoms with Gasteiger partial charge in [-0.3, -0.25) is 14.6 Å². The fourth-order valence-electron chi connectivity index (χ4n) is 2.73. The summed E-state index contributed by atoms with van der Waals surface area (Å²) in [5, 5.41) is 1.36. The highest BCUT2D eigenvalue weighted by molar-refractivity contribution is 5.81. The molecule has 6 nitrogen and oxygen atoms in total. The first-order valence-corrected chi connectivity index (χ1v) is 7.31. The van der Waals surface area contributed by atoms with E-state index in [1.54, 1.807) is 35.6 Å². The van der Waals surface area contributed by atoms with Crippen molar-refractivity contribution in [2.45, 2.75) is 26.0 Å². The molecule has 0 spiro atoms. The number of ether oxygens (including phenoxy) is 1. The van der Waals surface area contributed by atoms with Crippen molar-refractivity contribution in [2.75, 3.05) is 19.7 Å². The second-order valence-electron chi connectivity index (χ2n) is 6.14. The number of hydrogen-bond donors (Lipinski definition) is 0. The third-order valence-electron chi connectivity index (χ3n) is 3.86. The number of pyridine rings is 2. The van der Waals surface area contributed by atoms with Gasteiger partial charge in [-0.2, -0.15) is 0 Å². The lowest BCUT2D eigenvalue weighted by Gasteiger charge is -2.38. The Kier molecular flexibility index (Phi) is 3.70. The number of aromatic nitrogens is 2. The number of nitrogens with zero attached hydrogens (tertiary/aromatic N) is 3. The molecule has 22 heavy (non-hydrogen) atoms. The second-order valence-corrected chi connectivity index (χ2v) is 6.14. The highest BCUT2D eigenvalue weighted by Crippen LogP contribution is 2.16. The molecule has 6 heteroatoms. The molecule has 3 rings (SSSR count). The van der Waals surface area contributed by atoms with Gasteiger partial charge >= 0.3 is 0 Å². The summed E-state index contributed by atoms with van der Waals surface area (Å²) in [4.78, 5) is 30.6. The van der Waals surface area contributed by atoms with E-state index in [1.165, 1.54) is 4.57 Å². The van der Waals surface area contributed by atoms with Crippen molar-refractivity contribution in [1.29, 1.82) is 0 Å². The largest absolute Gasteiger partial charge is 0.372 e. The van der Waals surface area contributed by atoms with Crippen LogP contribution >= 0.6 is 0 Å². The molecule has 0 N–H and O–H groups in total. The molecule has 116 valence electrons. The molecule has 0 saturated carbocycles. The van der Waals surface area contributed by atoms with Crippen molar-refractivity contribution < 1.29 is 9.53 Å². The van der Waals surface area contributed by atoms with Gasteiger partial charge in [0.25, 0.3) is 5.56 Å². The summed E-state index contributed by atoms with van der Waals surface area (Å²) in [5.74, 6) is -0.0631. The Morgan fingerprint density at radius 1 is 1.41 bits per heavy atom. The van der Waals surface area contributed by atoms with Crippen LogP contribution in [-0.4, -0.2) is 45.7 Å². The highest BCUT2D eigenvalue weighted by Gasteiger charge is 2.29. The molecule has 3 heterocycles. The zero-order valence-corrected chi connectivity index (χ0v) is 12.8. The molecule has 0 radical (unpaired) electrons. The van der Waals surface area contributed by atoms with Gasteiger partial charge in [0.05, 0.1) is 17.6 Å². The summed E-state index contributed by atoms with van der Waals surface area (Å²) < 4.78 is 7.06. The number of morpholine rings is 1. The summed E-state index contributed by atoms with van der Waals surface area (Å²) in [5.41, 5.74) is -0.505. The van der Waals surface area contributed by atoms with Crippen LogP contribution in [0.25, 0.3) is 10.8 Å². The molecule has 0 bridgehead atoms. The van der Waals surface area contributed by atoms with E-state index < -0.39 is 0 Å². The topological polar surface area (TPSA) is 64.4 Å². The number of hydrogen-bond acceptors (Lipinski definition) is 4. The van der Waals surface area contributed by atoms with Gasteiger partial charge in [-0.1, -0.05) is 0 Å². The zero-order valence-electron chi connectivity index (χ0n) is 12.8. The second kappa shape index (κ2) is 5.53. The van der Waals surface area contributed by atoms with Gasteiger partial charge in [-0.25, -0.2) is 0 Å². The fourth-order valence-corrected chi connectivity index (χ4v) is 2.73. The summed E-state index contributed by atoms with van der Waals surface area (Å²) in [7, 11) is 0. The van der Waals surface area contributed by atoms with Crippen LogP contribution in [0.5, 0.6) is 0 Å². The Morgan fingerprint density at radius 3 is 3.00 bits per heavy atom. The molecule has 0 atom stereocenters. The predicted octanol–water partition coefficient (Wildman–Crippen LogP) is 1.03. The number of fused-ring (bicyclic) bond motifs is 1. The maximum absolute atomic E-state index is 12.4. The van der Waals surface area contributed by atoms with Gasteiger partial charge in [0, 0.05) is 37.1 Å². The van der Waals surface area contributed by atoms with Crippen LogP contribution in [0.15, 0.2) is 35.5 Å². The van der Waals surface area contributed by atoms with Crippen molar-refractivity contribution in [3.63, 3.8) is 0 Å². The van der Waals surface area contributed by atoms with Crippen LogP contribution < -0.4 is 5.56 Å². The SMILES string of the molecule is CC1(C)CN(C(=O)Cn2ccc3cnccc3c2=O)CCO1. The minimum absolute atomic E-state index is 0.0488. The Labute approximate surface area is 128 Å². The monoisotopic (exact) mass is 301 g/mol. The number of rotatable bonds is 2. The van der Waals surface area contributed by atoms with E-state index in [9.17, 15) is 9.59 Å². The summed E-state index contributed by atoms with van der Waals surface area (Å²) in [6.07, 6.45) is 4.88. The Morgan fingerprint density at radius 2 is 2.23 bits per heavy atom. The number of carbonyl (C=O) groups is 1. The third kappa shape index (κ3) is 2.87. The van der Waals surface area contributed by atoms with E-state index in [2.05, 4.69) is 4.98 Å². The van der Waals surface area contributed by atoms with Crippen molar-refractivity contribution in [3.8, 4) is 0 Å². The van der Waals surface area contributed by atoms with Crippen LogP contribution in [0.4, 0.5) is 0 Å². The molecule has 1 aliphatic heterocycles. The number of amides is 1. The molecular formula is C16H19N3O3. The third-order valence-corrected chi connectivity index (χ3v) is 3.86. The van der Waals surface area contributed by atoms with Crippen LogP contribution in [0.1, 0.15) is 13.8 Å². The van der Waals surface area contributed by atoms with E-state index in [0.717, 1.165) is 5.39 Å². The van der Waals surface area contributed by atoms with E-state index in [-0.39, 0.29) is 23.6 Å². The molecular weight excluding hydrogens is 282 g/mol. The Bertz CT molecular complexity index is 767. The fraction of sp³-hybridized carbons (Fsp3) is 0.438. The van der Waals surface area contributed by atoms with Gasteiger partial charge in [-0.05, 0) is 26.0 Å². The molecule has 0 aromatic carbocycles. The van der Waals surface area contributed by atoms with E-state index >= 15 is 0 Å². The molecule has 1 fully saturated rings. The zero-order chi connectivity index (χ0) is 15.7. The van der Waals surface area contributed by atoms with Crippen molar-refractivity contribution in [2.24, 2.45) is 0 Å². The molecule has 2 aromatic rings. The van der Waals surface area contributed by atoms with Crippen molar-refractivity contribution in [1.82, 2.24) is 14.5 Å². The molecule has 1 amide bonds. The lowest BCUT2D eigenvalue weighted by Crippen LogP contribution is -2.51. The van der Waals surface area contributed by atoms with Gasteiger partial charge in [0.2, 0.25) is 5.91 Å². The number of carbonyl (C=O) groups excluding carboxylic acids is 1. The summed E-state index contributed by atoms with van der Waals surface area (Å²) in [6.45, 7) is 5.60. The van der Waals surface area contributed by atoms with Crippen molar-refractivity contribution in [3.05, 3.63) is 41.1 Å². The van der Waals surface area contributed by atoms with Gasteiger partial charge in [0.1, 0.15) is 6.54 Å². The summed E-state index contributed by atoms with van der Waals surface area (Å²) >= 11 is 0. The van der Waals surface area contributed by atoms with Crippen LogP contribution in [-0.2, 0) is 16.1 Å². The lowest BCUT2D eigenvalue weighted by atomic mass is 10.1. The first-order valence-electron chi connectivity index (χ1n) is 7.31. The Hall–Kier alpha value is -2.21. The molecule has 0 aliphatic carbocycles. The van der Waals surface area contributed by atoms with Crippen LogP contribution in [0.2, 0.25) is 0 Å². The molecule has 0 unspecified atom stereocenters. The van der Waals surface area contributed by atoms with Gasteiger partial charge in [0.15, 0.2) is 0 Å². The Balaban J connectivity index is 1.82. The average Bonchev–Trinajstić information content (AvgIpc) is 2.49. The van der Waals surface area contributed by atoms with Crippen molar-refractivity contribution >= 4 is 16.7 Å². The smallest absolute Gasteiger partial charge is 0.259 e. The predicted molar refractivity (Wildman–Crippen MR) is 82.6 cm³/mol. The maximum Gasteiger partial charge on any atom is 0.259 e. The van der Waals surface area contributed by atoms with Gasteiger partial charge in [-0.15, -0.1) is 0 Å². The quantitative estimate of drug-likeness (QED) is 0.831.